The number of nitrogens with two attached hydrogens (primary N) is 1. The Kier molecular flexibility index (Phi) is 9.40. The molecule has 1 aliphatic rings. The van der Waals surface area contributed by atoms with Crippen molar-refractivity contribution >= 4 is 40.1 Å². The van der Waals surface area contributed by atoms with Crippen molar-refractivity contribution in [2.24, 2.45) is 11.7 Å². The zero-order valence-corrected chi connectivity index (χ0v) is 23.8. The van der Waals surface area contributed by atoms with E-state index in [0.29, 0.717) is 35.8 Å². The summed E-state index contributed by atoms with van der Waals surface area (Å²) in [6, 6.07) is 6.19. The zero-order valence-electron chi connectivity index (χ0n) is 23.0. The Bertz CT molecular complexity index is 1310. The molecule has 1 fully saturated rings. The predicted octanol–water partition coefficient (Wildman–Crippen LogP) is 4.98. The lowest BCUT2D eigenvalue weighted by Gasteiger charge is -2.36. The normalized spacial score (nSPS) is 15.8. The lowest BCUT2D eigenvalue weighted by molar-refractivity contribution is -0.132. The fraction of sp³-hybridized carbons (Fsp3) is 0.517. The summed E-state index contributed by atoms with van der Waals surface area (Å²) in [5.41, 5.74) is 8.37. The number of carboxylic acids is 1. The number of aromatic amines is 1. The number of carboxylic acid groups (broad SMARTS) is 1. The van der Waals surface area contributed by atoms with Gasteiger partial charge in [-0.05, 0) is 50.2 Å². The molecule has 1 saturated heterocycles. The van der Waals surface area contributed by atoms with Gasteiger partial charge in [-0.25, -0.2) is 14.6 Å². The highest BCUT2D eigenvalue weighted by atomic mass is 32.1. The number of aromatic carboxylic acids is 1. The highest BCUT2D eigenvalue weighted by Crippen LogP contribution is 2.27. The number of aromatic nitrogens is 2. The molecule has 39 heavy (non-hydrogen) atoms. The minimum Gasteiger partial charge on any atom is -0.476 e. The molecule has 0 saturated carbocycles. The monoisotopic (exact) mass is 553 g/mol. The molecule has 1 aromatic carbocycles. The SMILES string of the molecule is Cc1sc(C[C@@H](Cc2c[nH]c3ccccc23)N(C(=O)[C@@H](N)CC(C)C)C(=O)N2CCCCCC2)nc1C(=O)O. The number of aryl methyl sites for hydroxylation is 1. The Labute approximate surface area is 233 Å². The van der Waals surface area contributed by atoms with Crippen molar-refractivity contribution < 1.29 is 19.5 Å². The minimum absolute atomic E-state index is 0.00840. The number of carbonyl (C=O) groups excluding carboxylic acids is 2. The number of likely N-dealkylation sites (tertiary alicyclic amines) is 1. The topological polar surface area (TPSA) is 133 Å². The van der Waals surface area contributed by atoms with Crippen molar-refractivity contribution in [1.29, 1.82) is 0 Å². The fourth-order valence-electron chi connectivity index (χ4n) is 5.38. The lowest BCUT2D eigenvalue weighted by Crippen LogP contribution is -2.57. The van der Waals surface area contributed by atoms with Crippen LogP contribution in [0.4, 0.5) is 4.79 Å². The van der Waals surface area contributed by atoms with Crippen LogP contribution in [-0.2, 0) is 17.6 Å². The van der Waals surface area contributed by atoms with Crippen LogP contribution in [0, 0.1) is 12.8 Å². The molecule has 3 amide bonds. The summed E-state index contributed by atoms with van der Waals surface area (Å²) in [5, 5.41) is 11.2. The number of amides is 3. The predicted molar refractivity (Wildman–Crippen MR) is 153 cm³/mol. The van der Waals surface area contributed by atoms with Crippen LogP contribution in [0.1, 0.15) is 71.9 Å². The second kappa shape index (κ2) is 12.7. The van der Waals surface area contributed by atoms with Gasteiger partial charge in [-0.1, -0.05) is 44.9 Å². The van der Waals surface area contributed by atoms with E-state index in [-0.39, 0.29) is 24.1 Å². The van der Waals surface area contributed by atoms with Crippen LogP contribution in [0.5, 0.6) is 0 Å². The average Bonchev–Trinajstić information content (AvgIpc) is 3.34. The van der Waals surface area contributed by atoms with Gasteiger partial charge in [-0.2, -0.15) is 0 Å². The van der Waals surface area contributed by atoms with Crippen LogP contribution in [-0.4, -0.2) is 68.0 Å². The van der Waals surface area contributed by atoms with Crippen molar-refractivity contribution in [2.45, 2.75) is 77.8 Å². The number of nitrogens with zero attached hydrogens (tertiary/aromatic N) is 3. The molecule has 2 atom stereocenters. The maximum atomic E-state index is 14.1. The van der Waals surface area contributed by atoms with Gasteiger partial charge in [-0.15, -0.1) is 11.3 Å². The van der Waals surface area contributed by atoms with Crippen LogP contribution in [0.15, 0.2) is 30.5 Å². The average molecular weight is 554 g/mol. The van der Waals surface area contributed by atoms with E-state index >= 15 is 0 Å². The number of thiazole rings is 1. The van der Waals surface area contributed by atoms with E-state index in [9.17, 15) is 19.5 Å². The number of nitrogens with one attached hydrogen (secondary N) is 1. The minimum atomic E-state index is -1.09. The highest BCUT2D eigenvalue weighted by molar-refractivity contribution is 7.11. The molecule has 9 nitrogen and oxygen atoms in total. The van der Waals surface area contributed by atoms with Crippen molar-refractivity contribution in [2.75, 3.05) is 13.1 Å². The number of fused-ring (bicyclic) bond motifs is 1. The van der Waals surface area contributed by atoms with E-state index in [2.05, 4.69) is 9.97 Å². The first kappa shape index (κ1) is 28.8. The Hall–Kier alpha value is -3.24. The zero-order chi connectivity index (χ0) is 28.1. The van der Waals surface area contributed by atoms with E-state index in [1.165, 1.54) is 16.2 Å². The maximum absolute atomic E-state index is 14.1. The molecule has 2 aromatic heterocycles. The van der Waals surface area contributed by atoms with Crippen molar-refractivity contribution in [3.05, 3.63) is 51.6 Å². The van der Waals surface area contributed by atoms with Crippen molar-refractivity contribution in [3.8, 4) is 0 Å². The maximum Gasteiger partial charge on any atom is 0.355 e. The van der Waals surface area contributed by atoms with Crippen LogP contribution < -0.4 is 5.73 Å². The third-order valence-corrected chi connectivity index (χ3v) is 8.31. The van der Waals surface area contributed by atoms with Gasteiger partial charge in [-0.3, -0.25) is 9.69 Å². The third-order valence-electron chi connectivity index (χ3n) is 7.31. The molecule has 4 N–H and O–H groups in total. The number of imide groups is 1. The first-order valence-electron chi connectivity index (χ1n) is 13.8. The van der Waals surface area contributed by atoms with Gasteiger partial charge in [0.25, 0.3) is 0 Å². The quantitative estimate of drug-likeness (QED) is 0.342. The van der Waals surface area contributed by atoms with Crippen LogP contribution in [0.3, 0.4) is 0 Å². The first-order valence-corrected chi connectivity index (χ1v) is 14.6. The van der Waals surface area contributed by atoms with E-state index < -0.39 is 24.0 Å². The van der Waals surface area contributed by atoms with Crippen LogP contribution in [0.2, 0.25) is 0 Å². The summed E-state index contributed by atoms with van der Waals surface area (Å²) in [4.78, 5) is 51.3. The fourth-order valence-corrected chi connectivity index (χ4v) is 6.38. The molecule has 10 heteroatoms. The second-order valence-corrected chi connectivity index (χ2v) is 12.2. The van der Waals surface area contributed by atoms with E-state index in [1.807, 2.05) is 44.3 Å². The molecule has 0 spiro atoms. The summed E-state index contributed by atoms with van der Waals surface area (Å²) in [7, 11) is 0. The number of para-hydroxylation sites is 1. The first-order chi connectivity index (χ1) is 18.7. The van der Waals surface area contributed by atoms with Crippen LogP contribution in [0.25, 0.3) is 10.9 Å². The van der Waals surface area contributed by atoms with Crippen molar-refractivity contribution in [1.82, 2.24) is 19.8 Å². The standard InChI is InChI=1S/C29H39N5O4S/c1-18(2)14-23(30)27(35)34(29(38)33-12-8-4-5-9-13-33)21(16-25-32-26(28(36)37)19(3)39-25)15-20-17-31-24-11-7-6-10-22(20)24/h6-7,10-11,17-18,21,23,31H,4-5,8-9,12-16,30H2,1-3H3,(H,36,37)/t21-,23+/m1/s1. The molecular weight excluding hydrogens is 514 g/mol. The summed E-state index contributed by atoms with van der Waals surface area (Å²) in [6.07, 6.45) is 6.92. The Morgan fingerprint density at radius 2 is 1.82 bits per heavy atom. The molecule has 0 bridgehead atoms. The van der Waals surface area contributed by atoms with E-state index in [0.717, 1.165) is 42.1 Å². The number of hydrogen-bond donors (Lipinski definition) is 3. The number of benzene rings is 1. The molecule has 3 aromatic rings. The van der Waals surface area contributed by atoms with Crippen molar-refractivity contribution in [3.63, 3.8) is 0 Å². The van der Waals surface area contributed by atoms with Gasteiger partial charge >= 0.3 is 12.0 Å². The summed E-state index contributed by atoms with van der Waals surface area (Å²) < 4.78 is 0. The molecule has 0 radical (unpaired) electrons. The molecule has 0 aliphatic carbocycles. The van der Waals surface area contributed by atoms with Crippen LogP contribution >= 0.6 is 11.3 Å². The number of H-pyrrole nitrogens is 1. The Morgan fingerprint density at radius 1 is 1.13 bits per heavy atom. The molecule has 4 rings (SSSR count). The number of hydrogen-bond acceptors (Lipinski definition) is 6. The smallest absolute Gasteiger partial charge is 0.355 e. The van der Waals surface area contributed by atoms with Gasteiger partial charge in [0.2, 0.25) is 5.91 Å². The summed E-state index contributed by atoms with van der Waals surface area (Å²) >= 11 is 1.29. The van der Waals surface area contributed by atoms with Gasteiger partial charge in [0.15, 0.2) is 5.69 Å². The molecule has 210 valence electrons. The molecule has 1 aliphatic heterocycles. The Morgan fingerprint density at radius 3 is 2.46 bits per heavy atom. The molecule has 3 heterocycles. The molecule has 0 unspecified atom stereocenters. The Balaban J connectivity index is 1.76. The number of carbonyl (C=O) groups is 3. The van der Waals surface area contributed by atoms with E-state index in [4.69, 9.17) is 5.73 Å². The molecular formula is C29H39N5O4S. The highest BCUT2D eigenvalue weighted by Gasteiger charge is 2.37. The van der Waals surface area contributed by atoms with Gasteiger partial charge in [0.1, 0.15) is 0 Å². The van der Waals surface area contributed by atoms with Gasteiger partial charge < -0.3 is 20.7 Å². The number of urea groups is 1. The summed E-state index contributed by atoms with van der Waals surface area (Å²) in [6.45, 7) is 6.93. The third kappa shape index (κ3) is 6.86. The number of rotatable bonds is 9. The lowest BCUT2D eigenvalue weighted by atomic mass is 9.98. The van der Waals surface area contributed by atoms with Gasteiger partial charge in [0.05, 0.1) is 17.1 Å². The van der Waals surface area contributed by atoms with E-state index in [1.54, 1.807) is 11.8 Å². The summed E-state index contributed by atoms with van der Waals surface area (Å²) in [5.74, 6) is -1.30. The largest absolute Gasteiger partial charge is 0.476 e. The second-order valence-electron chi connectivity index (χ2n) is 10.9. The van der Waals surface area contributed by atoms with Gasteiger partial charge in [0, 0.05) is 41.5 Å².